The number of rotatable bonds is 3. The monoisotopic (exact) mass is 262 g/mol. The number of hydrogen-bond donors (Lipinski definition) is 2. The number of nitrogen functional groups attached to an aromatic ring is 1. The number of carbonyl (C=O) groups excluding carboxylic acids is 1. The number of hydrogen-bond acceptors (Lipinski definition) is 3. The number of benzene rings is 2. The van der Waals surface area contributed by atoms with E-state index in [2.05, 4.69) is 0 Å². The molecule has 0 aromatic heterocycles. The summed E-state index contributed by atoms with van der Waals surface area (Å²) < 4.78 is 5.57. The number of nitrogens with two attached hydrogens (primary N) is 2. The third-order valence-corrected chi connectivity index (χ3v) is 2.53. The molecule has 0 saturated heterocycles. The lowest BCUT2D eigenvalue weighted by Crippen LogP contribution is -2.12. The van der Waals surface area contributed by atoms with Crippen molar-refractivity contribution in [2.75, 3.05) is 5.73 Å². The quantitative estimate of drug-likeness (QED) is 0.835. The van der Waals surface area contributed by atoms with Crippen molar-refractivity contribution in [2.45, 2.75) is 0 Å². The Morgan fingerprint density at radius 1 is 1.17 bits per heavy atom. The van der Waals surface area contributed by atoms with Gasteiger partial charge in [-0.1, -0.05) is 17.7 Å². The van der Waals surface area contributed by atoms with Crippen molar-refractivity contribution in [2.24, 2.45) is 5.73 Å². The summed E-state index contributed by atoms with van der Waals surface area (Å²) in [5, 5.41) is 0.457. The molecule has 2 rings (SSSR count). The fourth-order valence-corrected chi connectivity index (χ4v) is 1.65. The molecule has 2 aromatic rings. The minimum Gasteiger partial charge on any atom is -0.456 e. The summed E-state index contributed by atoms with van der Waals surface area (Å²) in [7, 11) is 0. The third-order valence-electron chi connectivity index (χ3n) is 2.30. The SMILES string of the molecule is NC(=O)c1ccc(Cl)cc1Oc1cccc(N)c1. The van der Waals surface area contributed by atoms with Crippen molar-refractivity contribution in [1.29, 1.82) is 0 Å². The predicted molar refractivity (Wildman–Crippen MR) is 70.9 cm³/mol. The van der Waals surface area contributed by atoms with Gasteiger partial charge >= 0.3 is 0 Å². The van der Waals surface area contributed by atoms with Crippen LogP contribution in [0.2, 0.25) is 5.02 Å². The first-order chi connectivity index (χ1) is 8.56. The third kappa shape index (κ3) is 2.73. The van der Waals surface area contributed by atoms with Gasteiger partial charge in [-0.25, -0.2) is 0 Å². The maximum absolute atomic E-state index is 11.3. The van der Waals surface area contributed by atoms with Gasteiger partial charge in [-0.15, -0.1) is 0 Å². The highest BCUT2D eigenvalue weighted by Crippen LogP contribution is 2.29. The van der Waals surface area contributed by atoms with Gasteiger partial charge in [0.1, 0.15) is 11.5 Å². The molecule has 0 atom stereocenters. The summed E-state index contributed by atoms with van der Waals surface area (Å²) in [5.41, 5.74) is 11.7. The van der Waals surface area contributed by atoms with E-state index in [4.69, 9.17) is 27.8 Å². The fourth-order valence-electron chi connectivity index (χ4n) is 1.49. The van der Waals surface area contributed by atoms with E-state index in [1.54, 1.807) is 30.3 Å². The summed E-state index contributed by atoms with van der Waals surface area (Å²) in [5.74, 6) is 0.242. The lowest BCUT2D eigenvalue weighted by molar-refractivity contribution is 0.0998. The maximum atomic E-state index is 11.3. The first kappa shape index (κ1) is 12.3. The van der Waals surface area contributed by atoms with Crippen molar-refractivity contribution in [3.63, 3.8) is 0 Å². The summed E-state index contributed by atoms with van der Waals surface area (Å²) in [6.45, 7) is 0. The summed E-state index contributed by atoms with van der Waals surface area (Å²) >= 11 is 5.86. The molecule has 2 aromatic carbocycles. The Balaban J connectivity index is 2.39. The Hall–Kier alpha value is -2.20. The average Bonchev–Trinajstić information content (AvgIpc) is 2.28. The second-order valence-electron chi connectivity index (χ2n) is 3.68. The van der Waals surface area contributed by atoms with Gasteiger partial charge in [-0.2, -0.15) is 0 Å². The number of primary amides is 1. The van der Waals surface area contributed by atoms with Gasteiger partial charge < -0.3 is 16.2 Å². The van der Waals surface area contributed by atoms with Gasteiger partial charge in [0.2, 0.25) is 0 Å². The number of ether oxygens (including phenoxy) is 1. The number of carbonyl (C=O) groups is 1. The summed E-state index contributed by atoms with van der Waals surface area (Å²) in [4.78, 5) is 11.3. The Morgan fingerprint density at radius 2 is 1.94 bits per heavy atom. The number of halogens is 1. The summed E-state index contributed by atoms with van der Waals surface area (Å²) in [6.07, 6.45) is 0. The van der Waals surface area contributed by atoms with Crippen molar-refractivity contribution in [3.05, 3.63) is 53.1 Å². The maximum Gasteiger partial charge on any atom is 0.252 e. The van der Waals surface area contributed by atoms with Crippen molar-refractivity contribution in [1.82, 2.24) is 0 Å². The van der Waals surface area contributed by atoms with Crippen LogP contribution in [-0.4, -0.2) is 5.91 Å². The molecule has 0 aliphatic rings. The van der Waals surface area contributed by atoms with Crippen LogP contribution in [0.1, 0.15) is 10.4 Å². The zero-order valence-corrected chi connectivity index (χ0v) is 10.1. The standard InChI is InChI=1S/C13H11ClN2O2/c14-8-4-5-11(13(16)17)12(6-8)18-10-3-1-2-9(15)7-10/h1-7H,15H2,(H2,16,17). The van der Waals surface area contributed by atoms with E-state index in [9.17, 15) is 4.79 Å². The molecule has 0 heterocycles. The van der Waals surface area contributed by atoms with Crippen LogP contribution in [0.4, 0.5) is 5.69 Å². The molecule has 18 heavy (non-hydrogen) atoms. The second kappa shape index (κ2) is 4.98. The lowest BCUT2D eigenvalue weighted by atomic mass is 10.2. The summed E-state index contributed by atoms with van der Waals surface area (Å²) in [6, 6.07) is 11.5. The van der Waals surface area contributed by atoms with Crippen LogP contribution in [0.25, 0.3) is 0 Å². The van der Waals surface area contributed by atoms with E-state index in [1.807, 2.05) is 0 Å². The van der Waals surface area contributed by atoms with Gasteiger partial charge in [0.05, 0.1) is 5.56 Å². The number of anilines is 1. The molecule has 0 aliphatic heterocycles. The number of amides is 1. The highest BCUT2D eigenvalue weighted by Gasteiger charge is 2.11. The molecule has 4 N–H and O–H groups in total. The van der Waals surface area contributed by atoms with Crippen molar-refractivity contribution in [3.8, 4) is 11.5 Å². The largest absolute Gasteiger partial charge is 0.456 e. The highest BCUT2D eigenvalue weighted by molar-refractivity contribution is 6.30. The molecule has 0 unspecified atom stereocenters. The van der Waals surface area contributed by atoms with Crippen LogP contribution in [0.5, 0.6) is 11.5 Å². The Kier molecular flexibility index (Phi) is 3.39. The first-order valence-electron chi connectivity index (χ1n) is 5.19. The van der Waals surface area contributed by atoms with Crippen molar-refractivity contribution < 1.29 is 9.53 Å². The van der Waals surface area contributed by atoms with Crippen LogP contribution in [0, 0.1) is 0 Å². The molecule has 0 fully saturated rings. The zero-order chi connectivity index (χ0) is 13.1. The van der Waals surface area contributed by atoms with Gasteiger partial charge in [0.25, 0.3) is 5.91 Å². The van der Waals surface area contributed by atoms with Gasteiger partial charge in [0.15, 0.2) is 0 Å². The normalized spacial score (nSPS) is 10.1. The fraction of sp³-hybridized carbons (Fsp3) is 0. The van der Waals surface area contributed by atoms with Gasteiger partial charge in [-0.05, 0) is 24.3 Å². The van der Waals surface area contributed by atoms with E-state index < -0.39 is 5.91 Å². The van der Waals surface area contributed by atoms with Crippen LogP contribution in [-0.2, 0) is 0 Å². The molecule has 0 radical (unpaired) electrons. The minimum atomic E-state index is -0.578. The second-order valence-corrected chi connectivity index (χ2v) is 4.12. The molecular formula is C13H11ClN2O2. The van der Waals surface area contributed by atoms with Crippen LogP contribution in [0.15, 0.2) is 42.5 Å². The Morgan fingerprint density at radius 3 is 2.61 bits per heavy atom. The molecule has 4 nitrogen and oxygen atoms in total. The van der Waals surface area contributed by atoms with Crippen LogP contribution >= 0.6 is 11.6 Å². The van der Waals surface area contributed by atoms with Gasteiger partial charge in [-0.3, -0.25) is 4.79 Å². The average molecular weight is 263 g/mol. The lowest BCUT2D eigenvalue weighted by Gasteiger charge is -2.10. The molecule has 0 saturated carbocycles. The zero-order valence-electron chi connectivity index (χ0n) is 9.39. The van der Waals surface area contributed by atoms with E-state index in [1.165, 1.54) is 12.1 Å². The Labute approximate surface area is 109 Å². The molecule has 0 aliphatic carbocycles. The van der Waals surface area contributed by atoms with Gasteiger partial charge in [0, 0.05) is 22.8 Å². The molecule has 1 amide bonds. The smallest absolute Gasteiger partial charge is 0.252 e. The molecule has 5 heteroatoms. The highest BCUT2D eigenvalue weighted by atomic mass is 35.5. The molecule has 0 bridgehead atoms. The molecule has 0 spiro atoms. The van der Waals surface area contributed by atoms with Crippen molar-refractivity contribution >= 4 is 23.2 Å². The van der Waals surface area contributed by atoms with E-state index >= 15 is 0 Å². The molecular weight excluding hydrogens is 252 g/mol. The van der Waals surface area contributed by atoms with Crippen LogP contribution in [0.3, 0.4) is 0 Å². The van der Waals surface area contributed by atoms with E-state index in [0.29, 0.717) is 22.2 Å². The van der Waals surface area contributed by atoms with E-state index in [0.717, 1.165) is 0 Å². The Bertz CT molecular complexity index is 599. The predicted octanol–water partition coefficient (Wildman–Crippen LogP) is 2.81. The topological polar surface area (TPSA) is 78.3 Å². The van der Waals surface area contributed by atoms with E-state index in [-0.39, 0.29) is 5.56 Å². The van der Waals surface area contributed by atoms with Crippen LogP contribution < -0.4 is 16.2 Å². The minimum absolute atomic E-state index is 0.266. The first-order valence-corrected chi connectivity index (χ1v) is 5.57. The molecule has 92 valence electrons.